The number of ether oxygens (including phenoxy) is 1. The van der Waals surface area contributed by atoms with Gasteiger partial charge in [0.1, 0.15) is 6.10 Å². The van der Waals surface area contributed by atoms with E-state index in [0.717, 1.165) is 6.42 Å². The Morgan fingerprint density at radius 3 is 2.74 bits per heavy atom. The highest BCUT2D eigenvalue weighted by molar-refractivity contribution is 5.69. The second-order valence-electron chi connectivity index (χ2n) is 5.65. The lowest BCUT2D eigenvalue weighted by Gasteiger charge is -2.28. The maximum Gasteiger partial charge on any atom is 0.424 e. The van der Waals surface area contributed by atoms with Gasteiger partial charge < -0.3 is 15.6 Å². The maximum absolute atomic E-state index is 11.4. The minimum absolute atomic E-state index is 0.322. The van der Waals surface area contributed by atoms with Crippen LogP contribution < -0.4 is 11.2 Å². The van der Waals surface area contributed by atoms with Crippen LogP contribution in [0.25, 0.3) is 0 Å². The monoisotopic (exact) mass is 271 g/mol. The van der Waals surface area contributed by atoms with E-state index in [1.165, 1.54) is 37.1 Å². The van der Waals surface area contributed by atoms with Crippen LogP contribution in [0.5, 0.6) is 0 Å². The molecule has 2 aliphatic rings. The minimum atomic E-state index is -0.788. The van der Waals surface area contributed by atoms with Gasteiger partial charge in [-0.2, -0.15) is 0 Å². The molecule has 0 spiro atoms. The van der Waals surface area contributed by atoms with E-state index in [1.54, 1.807) is 7.05 Å². The number of nitrogens with zero attached hydrogens (tertiary/aromatic N) is 1. The number of aliphatic hydroxyl groups is 1. The third-order valence-corrected chi connectivity index (χ3v) is 4.25. The van der Waals surface area contributed by atoms with E-state index < -0.39 is 18.3 Å². The predicted octanol–water partition coefficient (Wildman–Crippen LogP) is 0.600. The van der Waals surface area contributed by atoms with E-state index >= 15 is 0 Å². The fourth-order valence-electron chi connectivity index (χ4n) is 3.07. The zero-order valence-corrected chi connectivity index (χ0v) is 11.5. The van der Waals surface area contributed by atoms with Gasteiger partial charge in [-0.3, -0.25) is 0 Å². The minimum Gasteiger partial charge on any atom is -0.440 e. The van der Waals surface area contributed by atoms with E-state index in [9.17, 15) is 9.90 Å². The van der Waals surface area contributed by atoms with E-state index in [0.29, 0.717) is 12.5 Å². The van der Waals surface area contributed by atoms with Crippen molar-refractivity contribution in [3.8, 4) is 0 Å². The van der Waals surface area contributed by atoms with Crippen molar-refractivity contribution in [3.63, 3.8) is 0 Å². The van der Waals surface area contributed by atoms with Crippen molar-refractivity contribution in [2.45, 2.75) is 56.8 Å². The lowest BCUT2D eigenvalue weighted by atomic mass is 9.83. The maximum atomic E-state index is 11.4. The molecule has 0 aromatic carbocycles. The number of nitrogens with two attached hydrogens (primary N) is 1. The standard InChI is InChI=1S/C13H25N3O3/c1-15-16-8-11(19-13(16)18)12(17)10(14)7-9-5-3-2-4-6-9/h9-12,15,17H,2-8,14H2,1H3/t10-,11-,12?/m0/s1. The van der Waals surface area contributed by atoms with Crippen molar-refractivity contribution < 1.29 is 14.6 Å². The molecule has 2 fully saturated rings. The second-order valence-corrected chi connectivity index (χ2v) is 5.65. The average molecular weight is 271 g/mol. The van der Waals surface area contributed by atoms with Crippen molar-refractivity contribution in [1.29, 1.82) is 0 Å². The molecule has 1 unspecified atom stereocenters. The van der Waals surface area contributed by atoms with E-state index in [1.807, 2.05) is 0 Å². The number of cyclic esters (lactones) is 1. The lowest BCUT2D eigenvalue weighted by molar-refractivity contribution is 0.0120. The second kappa shape index (κ2) is 6.54. The normalized spacial score (nSPS) is 28.3. The van der Waals surface area contributed by atoms with Crippen molar-refractivity contribution in [2.24, 2.45) is 11.7 Å². The average Bonchev–Trinajstić information content (AvgIpc) is 2.80. The summed E-state index contributed by atoms with van der Waals surface area (Å²) in [6.45, 7) is 0.342. The van der Waals surface area contributed by atoms with Crippen molar-refractivity contribution >= 4 is 6.09 Å². The summed E-state index contributed by atoms with van der Waals surface area (Å²) in [5.74, 6) is 0.607. The van der Waals surface area contributed by atoms with E-state index in [-0.39, 0.29) is 6.04 Å². The molecule has 0 aromatic heterocycles. The molecule has 1 saturated carbocycles. The highest BCUT2D eigenvalue weighted by atomic mass is 16.6. The van der Waals surface area contributed by atoms with Gasteiger partial charge in [0, 0.05) is 13.1 Å². The molecule has 1 aliphatic carbocycles. The summed E-state index contributed by atoms with van der Waals surface area (Å²) in [6.07, 6.45) is 5.29. The number of carbonyl (C=O) groups excluding carboxylic acids is 1. The summed E-state index contributed by atoms with van der Waals surface area (Å²) in [5.41, 5.74) is 8.81. The van der Waals surface area contributed by atoms with Crippen LogP contribution in [-0.4, -0.2) is 48.1 Å². The fraction of sp³-hybridized carbons (Fsp3) is 0.923. The Morgan fingerprint density at radius 2 is 2.16 bits per heavy atom. The van der Waals surface area contributed by atoms with E-state index in [2.05, 4.69) is 5.43 Å². The van der Waals surface area contributed by atoms with Gasteiger partial charge in [-0.15, -0.1) is 0 Å². The number of carbonyl (C=O) groups is 1. The molecule has 6 heteroatoms. The number of hydrogen-bond acceptors (Lipinski definition) is 5. The van der Waals surface area contributed by atoms with Gasteiger partial charge in [-0.1, -0.05) is 32.1 Å². The Hall–Kier alpha value is -0.850. The first-order valence-electron chi connectivity index (χ1n) is 7.21. The third kappa shape index (κ3) is 3.58. The number of aliphatic hydroxyl groups excluding tert-OH is 1. The molecule has 1 amide bonds. The molecule has 4 N–H and O–H groups in total. The van der Waals surface area contributed by atoms with Crippen LogP contribution in [0.15, 0.2) is 0 Å². The largest absolute Gasteiger partial charge is 0.440 e. The van der Waals surface area contributed by atoms with Crippen molar-refractivity contribution in [1.82, 2.24) is 10.4 Å². The Bertz CT molecular complexity index is 308. The van der Waals surface area contributed by atoms with Crippen LogP contribution in [0.3, 0.4) is 0 Å². The number of nitrogens with one attached hydrogen (secondary N) is 1. The van der Waals surface area contributed by atoms with Gasteiger partial charge >= 0.3 is 6.09 Å². The van der Waals surface area contributed by atoms with Crippen molar-refractivity contribution in [3.05, 3.63) is 0 Å². The summed E-state index contributed by atoms with van der Waals surface area (Å²) in [7, 11) is 1.65. The Labute approximate surface area is 114 Å². The molecule has 6 nitrogen and oxygen atoms in total. The van der Waals surface area contributed by atoms with Gasteiger partial charge in [0.15, 0.2) is 6.10 Å². The summed E-state index contributed by atoms with van der Waals surface area (Å²) >= 11 is 0. The molecule has 110 valence electrons. The predicted molar refractivity (Wildman–Crippen MR) is 71.2 cm³/mol. The first kappa shape index (κ1) is 14.6. The summed E-state index contributed by atoms with van der Waals surface area (Å²) in [6, 6.07) is -0.322. The van der Waals surface area contributed by atoms with Crippen molar-refractivity contribution in [2.75, 3.05) is 13.6 Å². The smallest absolute Gasteiger partial charge is 0.424 e. The first-order valence-corrected chi connectivity index (χ1v) is 7.21. The van der Waals surface area contributed by atoms with Crippen LogP contribution in [0, 0.1) is 5.92 Å². The SMILES string of the molecule is CNN1C[C@@H](C(O)[C@@H](N)CC2CCCCC2)OC1=O. The zero-order chi connectivity index (χ0) is 13.8. The summed E-state index contributed by atoms with van der Waals surface area (Å²) in [5, 5.41) is 11.6. The fourth-order valence-corrected chi connectivity index (χ4v) is 3.07. The Morgan fingerprint density at radius 1 is 1.47 bits per heavy atom. The highest BCUT2D eigenvalue weighted by Gasteiger charge is 2.38. The molecule has 1 saturated heterocycles. The van der Waals surface area contributed by atoms with Gasteiger partial charge in [-0.05, 0) is 12.3 Å². The third-order valence-electron chi connectivity index (χ3n) is 4.25. The molecular weight excluding hydrogens is 246 g/mol. The van der Waals surface area contributed by atoms with Crippen LogP contribution in [0.2, 0.25) is 0 Å². The molecular formula is C13H25N3O3. The van der Waals surface area contributed by atoms with Crippen LogP contribution >= 0.6 is 0 Å². The van der Waals surface area contributed by atoms with Gasteiger partial charge in [0.2, 0.25) is 0 Å². The van der Waals surface area contributed by atoms with E-state index in [4.69, 9.17) is 10.5 Å². The Balaban J connectivity index is 1.81. The quantitative estimate of drug-likeness (QED) is 0.681. The van der Waals surface area contributed by atoms with Crippen LogP contribution in [0.1, 0.15) is 38.5 Å². The molecule has 3 atom stereocenters. The van der Waals surface area contributed by atoms with Crippen LogP contribution in [0.4, 0.5) is 4.79 Å². The first-order chi connectivity index (χ1) is 9.11. The molecule has 0 radical (unpaired) electrons. The number of hydrogen-bond donors (Lipinski definition) is 3. The number of rotatable bonds is 5. The topological polar surface area (TPSA) is 87.8 Å². The molecule has 0 aromatic rings. The van der Waals surface area contributed by atoms with Gasteiger partial charge in [0.25, 0.3) is 0 Å². The lowest BCUT2D eigenvalue weighted by Crippen LogP contribution is -2.46. The van der Waals surface area contributed by atoms with Gasteiger partial charge in [-0.25, -0.2) is 15.2 Å². The van der Waals surface area contributed by atoms with Gasteiger partial charge in [0.05, 0.1) is 6.54 Å². The highest BCUT2D eigenvalue weighted by Crippen LogP contribution is 2.28. The summed E-state index contributed by atoms with van der Waals surface area (Å²) < 4.78 is 5.13. The molecule has 0 bridgehead atoms. The molecule has 1 heterocycles. The zero-order valence-electron chi connectivity index (χ0n) is 11.5. The number of hydrazine groups is 1. The van der Waals surface area contributed by atoms with Crippen LogP contribution in [-0.2, 0) is 4.74 Å². The molecule has 19 heavy (non-hydrogen) atoms. The molecule has 1 aliphatic heterocycles. The Kier molecular flexibility index (Phi) is 5.01. The summed E-state index contributed by atoms with van der Waals surface area (Å²) in [4.78, 5) is 11.4. The number of amides is 1. The molecule has 2 rings (SSSR count).